The van der Waals surface area contributed by atoms with Gasteiger partial charge in [-0.1, -0.05) is 0 Å². The molecule has 0 saturated carbocycles. The molecule has 0 spiro atoms. The molecule has 1 aromatic heterocycles. The van der Waals surface area contributed by atoms with Crippen molar-refractivity contribution in [1.82, 2.24) is 4.98 Å². The Morgan fingerprint density at radius 3 is 1.79 bits per heavy atom. The number of aromatic nitrogens is 1. The molecule has 19 heavy (non-hydrogen) atoms. The number of pyridine rings is 1. The molecule has 0 fully saturated rings. The molecular formula is C13H18F3N3. The summed E-state index contributed by atoms with van der Waals surface area (Å²) < 4.78 is 41.4. The average molecular weight is 273 g/mol. The lowest BCUT2D eigenvalue weighted by molar-refractivity contribution is 0.435. The van der Waals surface area contributed by atoms with E-state index in [1.165, 1.54) is 0 Å². The van der Waals surface area contributed by atoms with Crippen LogP contribution in [0.15, 0.2) is 0 Å². The molecule has 1 aliphatic rings. The molecule has 0 unspecified atom stereocenters. The molecule has 0 N–H and O–H groups in total. The number of fused-ring (bicyclic) bond motifs is 1. The van der Waals surface area contributed by atoms with Gasteiger partial charge < -0.3 is 9.80 Å². The maximum atomic E-state index is 14.0. The Morgan fingerprint density at radius 2 is 1.32 bits per heavy atom. The van der Waals surface area contributed by atoms with Crippen LogP contribution in [-0.4, -0.2) is 30.2 Å². The molecule has 106 valence electrons. The van der Waals surface area contributed by atoms with E-state index in [1.807, 2.05) is 27.7 Å². The molecule has 0 aromatic carbocycles. The minimum absolute atomic E-state index is 0.00535. The minimum Gasteiger partial charge on any atom is -0.363 e. The number of rotatable bonds is 2. The van der Waals surface area contributed by atoms with E-state index >= 15 is 0 Å². The van der Waals surface area contributed by atoms with Gasteiger partial charge >= 0.3 is 0 Å². The largest absolute Gasteiger partial charge is 0.363 e. The highest BCUT2D eigenvalue weighted by Gasteiger charge is 2.34. The Bertz CT molecular complexity index is 489. The topological polar surface area (TPSA) is 19.4 Å². The van der Waals surface area contributed by atoms with Crippen LogP contribution in [0.2, 0.25) is 0 Å². The second-order valence-corrected chi connectivity index (χ2v) is 5.28. The van der Waals surface area contributed by atoms with Crippen molar-refractivity contribution < 1.29 is 13.2 Å². The van der Waals surface area contributed by atoms with Gasteiger partial charge in [0, 0.05) is 25.2 Å². The van der Waals surface area contributed by atoms with Gasteiger partial charge in [-0.2, -0.15) is 18.2 Å². The zero-order chi connectivity index (χ0) is 14.3. The second-order valence-electron chi connectivity index (χ2n) is 5.28. The highest BCUT2D eigenvalue weighted by molar-refractivity contribution is 5.74. The third-order valence-corrected chi connectivity index (χ3v) is 3.41. The summed E-state index contributed by atoms with van der Waals surface area (Å²) in [7, 11) is 0. The minimum atomic E-state index is -1.38. The standard InChI is InChI=1S/C13H18F3N3/c1-7(2)18-5-6-19(8(3)4)11-10(18)9(14)12(15)17-13(11)16/h7-8H,5-6H2,1-4H3. The van der Waals surface area contributed by atoms with Crippen LogP contribution in [-0.2, 0) is 0 Å². The maximum absolute atomic E-state index is 14.0. The molecule has 2 rings (SSSR count). The third-order valence-electron chi connectivity index (χ3n) is 3.41. The zero-order valence-corrected chi connectivity index (χ0v) is 11.5. The number of nitrogens with zero attached hydrogens (tertiary/aromatic N) is 3. The van der Waals surface area contributed by atoms with E-state index < -0.39 is 17.7 Å². The van der Waals surface area contributed by atoms with Gasteiger partial charge in [0.2, 0.25) is 11.8 Å². The smallest absolute Gasteiger partial charge is 0.253 e. The Morgan fingerprint density at radius 1 is 0.842 bits per heavy atom. The van der Waals surface area contributed by atoms with Crippen LogP contribution in [0.1, 0.15) is 27.7 Å². The van der Waals surface area contributed by atoms with E-state index in [9.17, 15) is 13.2 Å². The number of hydrogen-bond acceptors (Lipinski definition) is 3. The van der Waals surface area contributed by atoms with Crippen molar-refractivity contribution in [3.8, 4) is 0 Å². The number of halogens is 3. The van der Waals surface area contributed by atoms with Crippen LogP contribution >= 0.6 is 0 Å². The van der Waals surface area contributed by atoms with E-state index in [-0.39, 0.29) is 23.5 Å². The molecule has 0 saturated heterocycles. The lowest BCUT2D eigenvalue weighted by Crippen LogP contribution is -2.48. The Hall–Kier alpha value is -1.46. The second kappa shape index (κ2) is 4.90. The number of anilines is 2. The summed E-state index contributed by atoms with van der Waals surface area (Å²) in [6.45, 7) is 8.59. The highest BCUT2D eigenvalue weighted by Crippen LogP contribution is 2.39. The predicted molar refractivity (Wildman–Crippen MR) is 69.1 cm³/mol. The molecule has 3 nitrogen and oxygen atoms in total. The summed E-state index contributed by atoms with van der Waals surface area (Å²) >= 11 is 0. The maximum Gasteiger partial charge on any atom is 0.253 e. The summed E-state index contributed by atoms with van der Waals surface area (Å²) in [5.41, 5.74) is 0.0498. The van der Waals surface area contributed by atoms with Gasteiger partial charge in [0.25, 0.3) is 5.95 Å². The molecule has 0 amide bonds. The van der Waals surface area contributed by atoms with Crippen molar-refractivity contribution >= 4 is 11.4 Å². The van der Waals surface area contributed by atoms with Gasteiger partial charge in [0.1, 0.15) is 11.4 Å². The first-order chi connectivity index (χ1) is 8.84. The molecule has 2 heterocycles. The highest BCUT2D eigenvalue weighted by atomic mass is 19.2. The lowest BCUT2D eigenvalue weighted by Gasteiger charge is -2.42. The van der Waals surface area contributed by atoms with Crippen LogP contribution in [0.4, 0.5) is 24.5 Å². The Labute approximate surface area is 111 Å². The third kappa shape index (κ3) is 2.24. The van der Waals surface area contributed by atoms with E-state index in [0.717, 1.165) is 0 Å². The van der Waals surface area contributed by atoms with Gasteiger partial charge in [-0.05, 0) is 27.7 Å². The Kier molecular flexibility index (Phi) is 3.60. The molecule has 6 heteroatoms. The molecule has 0 radical (unpaired) electrons. The van der Waals surface area contributed by atoms with Crippen LogP contribution in [0.3, 0.4) is 0 Å². The predicted octanol–water partition coefficient (Wildman–Crippen LogP) is 2.94. The molecule has 1 aromatic rings. The summed E-state index contributed by atoms with van der Waals surface area (Å²) in [6, 6.07) is -0.0435. The van der Waals surface area contributed by atoms with Gasteiger partial charge in [-0.3, -0.25) is 0 Å². The van der Waals surface area contributed by atoms with E-state index in [0.29, 0.717) is 13.1 Å². The summed E-state index contributed by atoms with van der Waals surface area (Å²) in [4.78, 5) is 6.44. The van der Waals surface area contributed by atoms with Crippen molar-refractivity contribution in [2.45, 2.75) is 39.8 Å². The van der Waals surface area contributed by atoms with E-state index in [1.54, 1.807) is 9.80 Å². The molecule has 0 aliphatic carbocycles. The lowest BCUT2D eigenvalue weighted by atomic mass is 10.1. The van der Waals surface area contributed by atoms with Gasteiger partial charge in [-0.25, -0.2) is 0 Å². The Balaban J connectivity index is 2.67. The van der Waals surface area contributed by atoms with E-state index in [2.05, 4.69) is 4.98 Å². The monoisotopic (exact) mass is 273 g/mol. The van der Waals surface area contributed by atoms with Crippen molar-refractivity contribution in [1.29, 1.82) is 0 Å². The first-order valence-corrected chi connectivity index (χ1v) is 6.42. The van der Waals surface area contributed by atoms with E-state index in [4.69, 9.17) is 0 Å². The van der Waals surface area contributed by atoms with Crippen molar-refractivity contribution in [2.75, 3.05) is 22.9 Å². The fourth-order valence-corrected chi connectivity index (χ4v) is 2.48. The summed E-state index contributed by atoms with van der Waals surface area (Å²) in [5, 5.41) is 0. The first kappa shape index (κ1) is 14.0. The summed E-state index contributed by atoms with van der Waals surface area (Å²) in [6.07, 6.45) is 0. The van der Waals surface area contributed by atoms with Gasteiger partial charge in [0.15, 0.2) is 0 Å². The fourth-order valence-electron chi connectivity index (χ4n) is 2.48. The number of hydrogen-bond donors (Lipinski definition) is 0. The van der Waals surface area contributed by atoms with Crippen LogP contribution < -0.4 is 9.80 Å². The molecule has 0 atom stereocenters. The van der Waals surface area contributed by atoms with Crippen molar-refractivity contribution in [2.24, 2.45) is 0 Å². The fraction of sp³-hybridized carbons (Fsp3) is 0.615. The van der Waals surface area contributed by atoms with Crippen LogP contribution in [0.5, 0.6) is 0 Å². The molecule has 1 aliphatic heterocycles. The SMILES string of the molecule is CC(C)N1CCN(C(C)C)c2c(F)c(F)nc(F)c21. The normalized spacial score (nSPS) is 15.4. The average Bonchev–Trinajstić information content (AvgIpc) is 2.34. The zero-order valence-electron chi connectivity index (χ0n) is 11.5. The van der Waals surface area contributed by atoms with Crippen molar-refractivity contribution in [3.05, 3.63) is 17.7 Å². The van der Waals surface area contributed by atoms with Crippen LogP contribution in [0.25, 0.3) is 0 Å². The summed E-state index contributed by atoms with van der Waals surface area (Å²) in [5.74, 6) is -3.41. The van der Waals surface area contributed by atoms with Crippen molar-refractivity contribution in [3.63, 3.8) is 0 Å². The van der Waals surface area contributed by atoms with Gasteiger partial charge in [-0.15, -0.1) is 0 Å². The first-order valence-electron chi connectivity index (χ1n) is 6.42. The molecular weight excluding hydrogens is 255 g/mol. The quantitative estimate of drug-likeness (QED) is 0.772. The van der Waals surface area contributed by atoms with Gasteiger partial charge in [0.05, 0.1) is 0 Å². The molecule has 0 bridgehead atoms. The van der Waals surface area contributed by atoms with Crippen LogP contribution in [0, 0.1) is 17.7 Å².